The zero-order valence-electron chi connectivity index (χ0n) is 12.5. The summed E-state index contributed by atoms with van der Waals surface area (Å²) in [7, 11) is 0. The Morgan fingerprint density at radius 1 is 1.29 bits per heavy atom. The summed E-state index contributed by atoms with van der Waals surface area (Å²) in [5.41, 5.74) is 0. The molecular weight excluding hydrogens is 354 g/mol. The van der Waals surface area contributed by atoms with Crippen LogP contribution in [0.5, 0.6) is 0 Å². The first kappa shape index (κ1) is 18.0. The van der Waals surface area contributed by atoms with Crippen LogP contribution < -0.4 is 16.0 Å². The van der Waals surface area contributed by atoms with Gasteiger partial charge in [-0.15, -0.1) is 11.3 Å². The Morgan fingerprint density at radius 2 is 2.00 bits per heavy atom. The zero-order chi connectivity index (χ0) is 15.8. The number of urea groups is 1. The Labute approximate surface area is 138 Å². The minimum absolute atomic E-state index is 0.113. The molecule has 0 unspecified atom stereocenters. The molecule has 0 radical (unpaired) electrons. The van der Waals surface area contributed by atoms with Crippen molar-refractivity contribution in [3.63, 3.8) is 0 Å². The second-order valence-corrected chi connectivity index (χ2v) is 7.44. The van der Waals surface area contributed by atoms with Crippen LogP contribution in [0.3, 0.4) is 0 Å². The molecule has 0 aliphatic carbocycles. The van der Waals surface area contributed by atoms with Gasteiger partial charge in [-0.3, -0.25) is 4.79 Å². The van der Waals surface area contributed by atoms with Crippen LogP contribution in [-0.2, 0) is 11.2 Å². The van der Waals surface area contributed by atoms with E-state index in [1.807, 2.05) is 26.0 Å². The summed E-state index contributed by atoms with van der Waals surface area (Å²) in [5, 5.41) is 8.22. The van der Waals surface area contributed by atoms with Gasteiger partial charge >= 0.3 is 6.03 Å². The monoisotopic (exact) mass is 375 g/mol. The third-order valence-corrected chi connectivity index (χ3v) is 4.71. The number of thiophene rings is 1. The van der Waals surface area contributed by atoms with Crippen LogP contribution in [0.25, 0.3) is 0 Å². The van der Waals surface area contributed by atoms with Gasteiger partial charge in [-0.1, -0.05) is 6.92 Å². The van der Waals surface area contributed by atoms with E-state index in [9.17, 15) is 9.59 Å². The Balaban J connectivity index is 2.24. The quantitative estimate of drug-likeness (QED) is 0.685. The second-order valence-electron chi connectivity index (χ2n) is 4.90. The Bertz CT molecular complexity index is 479. The predicted octanol–water partition coefficient (Wildman–Crippen LogP) is 2.66. The molecule has 5 nitrogen and oxygen atoms in total. The van der Waals surface area contributed by atoms with Crippen LogP contribution in [0.15, 0.2) is 15.9 Å². The number of hydrogen-bond acceptors (Lipinski definition) is 3. The third-order valence-electron chi connectivity index (χ3n) is 3.03. The first-order chi connectivity index (χ1) is 9.92. The Morgan fingerprint density at radius 3 is 2.57 bits per heavy atom. The molecule has 1 rings (SSSR count). The van der Waals surface area contributed by atoms with Gasteiger partial charge in [0.15, 0.2) is 0 Å². The SMILES string of the molecule is CC[C@@H](C)NC(=O)[C@@H](C)NC(=O)NCCc1ccc(Br)s1. The second kappa shape index (κ2) is 9.04. The molecule has 0 aromatic carbocycles. The van der Waals surface area contributed by atoms with E-state index in [0.29, 0.717) is 6.54 Å². The lowest BCUT2D eigenvalue weighted by atomic mass is 10.2. The summed E-state index contributed by atoms with van der Waals surface area (Å²) < 4.78 is 1.08. The highest BCUT2D eigenvalue weighted by Crippen LogP contribution is 2.21. The molecule has 0 aliphatic heterocycles. The minimum atomic E-state index is -0.546. The van der Waals surface area contributed by atoms with Crippen LogP contribution in [0.1, 0.15) is 32.1 Å². The van der Waals surface area contributed by atoms with Crippen LogP contribution in [0.4, 0.5) is 4.79 Å². The minimum Gasteiger partial charge on any atom is -0.352 e. The number of amides is 3. The van der Waals surface area contributed by atoms with Gasteiger partial charge in [0.05, 0.1) is 3.79 Å². The van der Waals surface area contributed by atoms with E-state index in [4.69, 9.17) is 0 Å². The fourth-order valence-corrected chi connectivity index (χ4v) is 3.05. The average Bonchev–Trinajstić information content (AvgIpc) is 2.84. The number of carbonyl (C=O) groups is 2. The number of hydrogen-bond donors (Lipinski definition) is 3. The maximum atomic E-state index is 11.8. The predicted molar refractivity (Wildman–Crippen MR) is 89.6 cm³/mol. The molecule has 21 heavy (non-hydrogen) atoms. The molecule has 1 aromatic heterocycles. The summed E-state index contributed by atoms with van der Waals surface area (Å²) in [6.07, 6.45) is 1.64. The summed E-state index contributed by atoms with van der Waals surface area (Å²) in [5.74, 6) is -0.165. The van der Waals surface area contributed by atoms with Gasteiger partial charge in [-0.2, -0.15) is 0 Å². The highest BCUT2D eigenvalue weighted by atomic mass is 79.9. The van der Waals surface area contributed by atoms with E-state index < -0.39 is 6.04 Å². The summed E-state index contributed by atoms with van der Waals surface area (Å²) in [6.45, 7) is 6.15. The highest BCUT2D eigenvalue weighted by Gasteiger charge is 2.16. The standard InChI is InChI=1S/C14H22BrN3O2S/c1-4-9(2)17-13(19)10(3)18-14(20)16-8-7-11-5-6-12(15)21-11/h5-6,9-10H,4,7-8H2,1-3H3,(H,17,19)(H2,16,18,20)/t9-,10-/m1/s1. The third kappa shape index (κ3) is 6.95. The van der Waals surface area contributed by atoms with Crippen molar-refractivity contribution in [3.05, 3.63) is 20.8 Å². The molecule has 3 amide bonds. The number of nitrogens with one attached hydrogen (secondary N) is 3. The molecule has 0 spiro atoms. The lowest BCUT2D eigenvalue weighted by Crippen LogP contribution is -2.50. The molecule has 1 aromatic rings. The first-order valence-electron chi connectivity index (χ1n) is 7.01. The summed E-state index contributed by atoms with van der Waals surface area (Å²) in [6, 6.07) is 3.26. The van der Waals surface area contributed by atoms with E-state index in [2.05, 4.69) is 31.9 Å². The fraction of sp³-hybridized carbons (Fsp3) is 0.571. The average molecular weight is 376 g/mol. The van der Waals surface area contributed by atoms with E-state index >= 15 is 0 Å². The molecule has 1 heterocycles. The van der Waals surface area contributed by atoms with Gasteiger partial charge in [0.1, 0.15) is 6.04 Å². The van der Waals surface area contributed by atoms with Crippen molar-refractivity contribution in [1.29, 1.82) is 0 Å². The van der Waals surface area contributed by atoms with Crippen molar-refractivity contribution < 1.29 is 9.59 Å². The van der Waals surface area contributed by atoms with Crippen LogP contribution in [-0.4, -0.2) is 30.6 Å². The van der Waals surface area contributed by atoms with Crippen molar-refractivity contribution in [1.82, 2.24) is 16.0 Å². The molecule has 3 N–H and O–H groups in total. The number of carbonyl (C=O) groups excluding carboxylic acids is 2. The molecule has 2 atom stereocenters. The normalized spacial score (nSPS) is 13.3. The maximum absolute atomic E-state index is 11.8. The molecule has 0 saturated heterocycles. The van der Waals surface area contributed by atoms with E-state index in [1.54, 1.807) is 18.3 Å². The maximum Gasteiger partial charge on any atom is 0.315 e. The number of rotatable bonds is 7. The highest BCUT2D eigenvalue weighted by molar-refractivity contribution is 9.11. The topological polar surface area (TPSA) is 70.2 Å². The molecule has 0 bridgehead atoms. The van der Waals surface area contributed by atoms with Gasteiger partial charge in [0.25, 0.3) is 0 Å². The van der Waals surface area contributed by atoms with Gasteiger partial charge in [0, 0.05) is 17.5 Å². The Kier molecular flexibility index (Phi) is 7.74. The zero-order valence-corrected chi connectivity index (χ0v) is 14.9. The lowest BCUT2D eigenvalue weighted by molar-refractivity contribution is -0.123. The molecular formula is C14H22BrN3O2S. The van der Waals surface area contributed by atoms with Crippen molar-refractivity contribution in [3.8, 4) is 0 Å². The molecule has 0 fully saturated rings. The summed E-state index contributed by atoms with van der Waals surface area (Å²) >= 11 is 5.05. The largest absolute Gasteiger partial charge is 0.352 e. The van der Waals surface area contributed by atoms with E-state index in [0.717, 1.165) is 16.6 Å². The van der Waals surface area contributed by atoms with Gasteiger partial charge in [0.2, 0.25) is 5.91 Å². The lowest BCUT2D eigenvalue weighted by Gasteiger charge is -2.17. The first-order valence-corrected chi connectivity index (χ1v) is 8.62. The summed E-state index contributed by atoms with van der Waals surface area (Å²) in [4.78, 5) is 24.7. The number of halogens is 1. The smallest absolute Gasteiger partial charge is 0.315 e. The van der Waals surface area contributed by atoms with Crippen molar-refractivity contribution in [2.75, 3.05) is 6.54 Å². The molecule has 0 aliphatic rings. The fourth-order valence-electron chi connectivity index (χ4n) is 1.57. The van der Waals surface area contributed by atoms with E-state index in [-0.39, 0.29) is 18.0 Å². The van der Waals surface area contributed by atoms with Crippen molar-refractivity contribution in [2.24, 2.45) is 0 Å². The van der Waals surface area contributed by atoms with Gasteiger partial charge in [-0.05, 0) is 54.8 Å². The molecule has 7 heteroatoms. The van der Waals surface area contributed by atoms with E-state index in [1.165, 1.54) is 4.88 Å². The van der Waals surface area contributed by atoms with Crippen molar-refractivity contribution in [2.45, 2.75) is 45.7 Å². The van der Waals surface area contributed by atoms with Crippen LogP contribution >= 0.6 is 27.3 Å². The van der Waals surface area contributed by atoms with Crippen LogP contribution in [0.2, 0.25) is 0 Å². The van der Waals surface area contributed by atoms with Gasteiger partial charge < -0.3 is 16.0 Å². The van der Waals surface area contributed by atoms with Crippen molar-refractivity contribution >= 4 is 39.2 Å². The molecule has 118 valence electrons. The Hall–Kier alpha value is -1.08. The molecule has 0 saturated carbocycles. The van der Waals surface area contributed by atoms with Gasteiger partial charge in [-0.25, -0.2) is 4.79 Å². The van der Waals surface area contributed by atoms with Crippen LogP contribution in [0, 0.1) is 0 Å².